The molecule has 1 saturated carbocycles. The van der Waals surface area contributed by atoms with Crippen molar-refractivity contribution in [3.8, 4) is 0 Å². The molecule has 1 aliphatic heterocycles. The molecule has 148 valence electrons. The first-order valence-electron chi connectivity index (χ1n) is 10.0. The molecule has 3 rings (SSSR count). The molecular weight excluding hydrogens is 346 g/mol. The molecule has 1 aromatic carbocycles. The predicted molar refractivity (Wildman–Crippen MR) is 110 cm³/mol. The normalized spacial score (nSPS) is 25.2. The van der Waals surface area contributed by atoms with Crippen molar-refractivity contribution >= 4 is 12.4 Å². The Morgan fingerprint density at radius 1 is 1.12 bits per heavy atom. The highest BCUT2D eigenvalue weighted by Crippen LogP contribution is 2.38. The van der Waals surface area contributed by atoms with E-state index in [2.05, 4.69) is 49.9 Å². The van der Waals surface area contributed by atoms with E-state index in [0.717, 1.165) is 38.3 Å². The van der Waals surface area contributed by atoms with Gasteiger partial charge in [-0.15, -0.1) is 12.4 Å². The third-order valence-electron chi connectivity index (χ3n) is 6.10. The van der Waals surface area contributed by atoms with Gasteiger partial charge in [-0.1, -0.05) is 45.0 Å². The largest absolute Gasteiger partial charge is 0.389 e. The molecule has 2 aliphatic rings. The second kappa shape index (κ2) is 9.54. The predicted octanol–water partition coefficient (Wildman–Crippen LogP) is 4.45. The van der Waals surface area contributed by atoms with E-state index in [0.29, 0.717) is 24.7 Å². The van der Waals surface area contributed by atoms with Crippen molar-refractivity contribution < 1.29 is 9.84 Å². The molecule has 26 heavy (non-hydrogen) atoms. The number of fused-ring (bicyclic) bond motifs is 1. The molecule has 0 aromatic heterocycles. The van der Waals surface area contributed by atoms with E-state index in [1.54, 1.807) is 0 Å². The summed E-state index contributed by atoms with van der Waals surface area (Å²) in [5.74, 6) is 0.811. The lowest BCUT2D eigenvalue weighted by molar-refractivity contribution is -0.0452. The molecular formula is C22H36ClNO2. The zero-order valence-corrected chi connectivity index (χ0v) is 17.4. The van der Waals surface area contributed by atoms with E-state index in [4.69, 9.17) is 4.74 Å². The summed E-state index contributed by atoms with van der Waals surface area (Å²) < 4.78 is 6.04. The van der Waals surface area contributed by atoms with Crippen LogP contribution < -0.4 is 0 Å². The first kappa shape index (κ1) is 21.7. The second-order valence-corrected chi connectivity index (χ2v) is 9.08. The summed E-state index contributed by atoms with van der Waals surface area (Å²) in [7, 11) is 0. The first-order valence-corrected chi connectivity index (χ1v) is 10.0. The Kier molecular flexibility index (Phi) is 7.96. The van der Waals surface area contributed by atoms with Gasteiger partial charge in [0.15, 0.2) is 0 Å². The van der Waals surface area contributed by atoms with Gasteiger partial charge in [-0.25, -0.2) is 0 Å². The van der Waals surface area contributed by atoms with E-state index >= 15 is 0 Å². The number of nitrogens with zero attached hydrogens (tertiary/aromatic N) is 1. The van der Waals surface area contributed by atoms with Crippen molar-refractivity contribution in [2.75, 3.05) is 19.7 Å². The van der Waals surface area contributed by atoms with Gasteiger partial charge in [0.1, 0.15) is 0 Å². The van der Waals surface area contributed by atoms with Gasteiger partial charge < -0.3 is 9.84 Å². The fraction of sp³-hybridized carbons (Fsp3) is 0.727. The van der Waals surface area contributed by atoms with Gasteiger partial charge in [-0.3, -0.25) is 4.90 Å². The zero-order chi connectivity index (χ0) is 17.9. The summed E-state index contributed by atoms with van der Waals surface area (Å²) in [5, 5.41) is 10.4. The maximum Gasteiger partial charge on any atom is 0.0900 e. The Labute approximate surface area is 165 Å². The van der Waals surface area contributed by atoms with Crippen molar-refractivity contribution in [3.63, 3.8) is 0 Å². The van der Waals surface area contributed by atoms with Crippen LogP contribution in [0.4, 0.5) is 0 Å². The van der Waals surface area contributed by atoms with Gasteiger partial charge in [-0.05, 0) is 54.6 Å². The topological polar surface area (TPSA) is 32.7 Å². The number of aliphatic hydroxyl groups is 1. The van der Waals surface area contributed by atoms with E-state index in [-0.39, 0.29) is 18.5 Å². The van der Waals surface area contributed by atoms with Gasteiger partial charge in [0.2, 0.25) is 0 Å². The Bertz CT molecular complexity index is 549. The number of β-amino-alcohol motifs (C(OH)–C–C–N with tert-alkyl or cyclic N) is 1. The zero-order valence-electron chi connectivity index (χ0n) is 16.6. The van der Waals surface area contributed by atoms with Crippen LogP contribution in [0.25, 0.3) is 0 Å². The highest BCUT2D eigenvalue weighted by molar-refractivity contribution is 5.85. The van der Waals surface area contributed by atoms with Crippen molar-refractivity contribution in [2.45, 2.75) is 71.6 Å². The van der Waals surface area contributed by atoms with Crippen LogP contribution in [0.15, 0.2) is 24.3 Å². The molecule has 3 nitrogen and oxygen atoms in total. The van der Waals surface area contributed by atoms with Crippen LogP contribution in [-0.4, -0.2) is 41.9 Å². The molecule has 1 N–H and O–H groups in total. The van der Waals surface area contributed by atoms with Crippen molar-refractivity contribution in [1.82, 2.24) is 4.90 Å². The van der Waals surface area contributed by atoms with Crippen LogP contribution in [-0.2, 0) is 17.7 Å². The highest BCUT2D eigenvalue weighted by Gasteiger charge is 2.30. The minimum Gasteiger partial charge on any atom is -0.389 e. The van der Waals surface area contributed by atoms with Gasteiger partial charge >= 0.3 is 0 Å². The van der Waals surface area contributed by atoms with Gasteiger partial charge in [0.05, 0.1) is 18.8 Å². The number of ether oxygens (including phenoxy) is 1. The molecule has 1 fully saturated rings. The van der Waals surface area contributed by atoms with Crippen LogP contribution in [0.2, 0.25) is 0 Å². The summed E-state index contributed by atoms with van der Waals surface area (Å²) in [6, 6.07) is 8.65. The Morgan fingerprint density at radius 2 is 1.77 bits per heavy atom. The number of aliphatic hydroxyl groups excluding tert-OH is 1. The van der Waals surface area contributed by atoms with E-state index in [1.807, 2.05) is 0 Å². The maximum absolute atomic E-state index is 10.4. The molecule has 1 unspecified atom stereocenters. The lowest BCUT2D eigenvalue weighted by atomic mass is 9.72. The second-order valence-electron chi connectivity index (χ2n) is 9.08. The van der Waals surface area contributed by atoms with Gasteiger partial charge in [0.25, 0.3) is 0 Å². The average molecular weight is 382 g/mol. The number of rotatable bonds is 5. The highest BCUT2D eigenvalue weighted by atomic mass is 35.5. The lowest BCUT2D eigenvalue weighted by Gasteiger charge is -2.37. The molecule has 1 heterocycles. The molecule has 0 bridgehead atoms. The molecule has 0 radical (unpaired) electrons. The van der Waals surface area contributed by atoms with Crippen molar-refractivity contribution in [2.24, 2.45) is 11.3 Å². The van der Waals surface area contributed by atoms with Crippen LogP contribution in [0.1, 0.15) is 57.6 Å². The minimum absolute atomic E-state index is 0. The molecule has 0 amide bonds. The molecule has 1 aliphatic carbocycles. The fourth-order valence-electron chi connectivity index (χ4n) is 4.40. The molecule has 0 spiro atoms. The molecule has 0 saturated heterocycles. The number of hydrogen-bond donors (Lipinski definition) is 1. The summed E-state index contributed by atoms with van der Waals surface area (Å²) in [6.07, 6.45) is 5.85. The van der Waals surface area contributed by atoms with Crippen LogP contribution >= 0.6 is 12.4 Å². The Hall–Kier alpha value is -0.610. The number of halogens is 1. The van der Waals surface area contributed by atoms with E-state index in [1.165, 1.54) is 24.0 Å². The van der Waals surface area contributed by atoms with Crippen LogP contribution in [0, 0.1) is 11.3 Å². The molecule has 1 aromatic rings. The SMILES string of the molecule is CC(C)(C)C1CCC(OCC(O)CN2CCc3ccccc3C2)CC1.Cl. The third kappa shape index (κ3) is 5.95. The van der Waals surface area contributed by atoms with Crippen LogP contribution in [0.5, 0.6) is 0 Å². The van der Waals surface area contributed by atoms with Crippen molar-refractivity contribution in [3.05, 3.63) is 35.4 Å². The van der Waals surface area contributed by atoms with E-state index < -0.39 is 0 Å². The smallest absolute Gasteiger partial charge is 0.0900 e. The van der Waals surface area contributed by atoms with Gasteiger partial charge in [-0.2, -0.15) is 0 Å². The first-order chi connectivity index (χ1) is 11.9. The lowest BCUT2D eigenvalue weighted by Crippen LogP contribution is -2.39. The van der Waals surface area contributed by atoms with Gasteiger partial charge in [0, 0.05) is 19.6 Å². The maximum atomic E-state index is 10.4. The van der Waals surface area contributed by atoms with Crippen molar-refractivity contribution in [1.29, 1.82) is 0 Å². The monoisotopic (exact) mass is 381 g/mol. The summed E-state index contributed by atoms with van der Waals surface area (Å²) >= 11 is 0. The summed E-state index contributed by atoms with van der Waals surface area (Å²) in [4.78, 5) is 2.35. The molecule has 4 heteroatoms. The Morgan fingerprint density at radius 3 is 2.42 bits per heavy atom. The number of benzene rings is 1. The fourth-order valence-corrected chi connectivity index (χ4v) is 4.40. The Balaban J connectivity index is 0.00000243. The standard InChI is InChI=1S/C22H35NO2.ClH/c1-22(2,3)19-8-10-21(11-9-19)25-16-20(24)15-23-13-12-17-6-4-5-7-18(17)14-23;/h4-7,19-21,24H,8-16H2,1-3H3;1H. The average Bonchev–Trinajstić information content (AvgIpc) is 2.59. The third-order valence-corrected chi connectivity index (χ3v) is 6.10. The summed E-state index contributed by atoms with van der Waals surface area (Å²) in [5.41, 5.74) is 3.28. The number of hydrogen-bond acceptors (Lipinski definition) is 3. The molecule has 1 atom stereocenters. The minimum atomic E-state index is -0.384. The van der Waals surface area contributed by atoms with Crippen LogP contribution in [0.3, 0.4) is 0 Å². The summed E-state index contributed by atoms with van der Waals surface area (Å²) in [6.45, 7) is 10.2. The quantitative estimate of drug-likeness (QED) is 0.817. The van der Waals surface area contributed by atoms with E-state index in [9.17, 15) is 5.11 Å².